The fraction of sp³-hybridized carbons (Fsp3) is 0.455. The van der Waals surface area contributed by atoms with Crippen molar-refractivity contribution in [1.82, 2.24) is 0 Å². The number of rotatable bonds is 4. The number of nitrogen functional groups attached to an aromatic ring is 1. The molecular weight excluding hydrogens is 213 g/mol. The summed E-state index contributed by atoms with van der Waals surface area (Å²) in [5, 5.41) is 9.43. The van der Waals surface area contributed by atoms with Gasteiger partial charge in [0.15, 0.2) is 0 Å². The molecule has 0 amide bonds. The van der Waals surface area contributed by atoms with E-state index < -0.39 is 0 Å². The Balaban J connectivity index is 2.55. The Kier molecular flexibility index (Phi) is 4.42. The van der Waals surface area contributed by atoms with Gasteiger partial charge in [-0.15, -0.1) is 0 Å². The van der Waals surface area contributed by atoms with Crippen molar-refractivity contribution < 1.29 is 9.50 Å². The lowest BCUT2D eigenvalue weighted by Crippen LogP contribution is -2.15. The summed E-state index contributed by atoms with van der Waals surface area (Å²) < 4.78 is 13.1. The topological polar surface area (TPSA) is 46.2 Å². The Morgan fingerprint density at radius 2 is 2.13 bits per heavy atom. The van der Waals surface area contributed by atoms with E-state index >= 15 is 0 Å². The van der Waals surface area contributed by atoms with Crippen LogP contribution in [0.2, 0.25) is 0 Å². The highest BCUT2D eigenvalue weighted by Crippen LogP contribution is 2.21. The molecule has 3 N–H and O–H groups in total. The van der Waals surface area contributed by atoms with E-state index in [4.69, 9.17) is 5.73 Å². The van der Waals surface area contributed by atoms with E-state index in [1.807, 2.05) is 6.92 Å². The SMILES string of the molecule is CC(O)C(C)SCc1ccc(N)c(F)c1. The van der Waals surface area contributed by atoms with Crippen LogP contribution in [0, 0.1) is 5.82 Å². The van der Waals surface area contributed by atoms with Crippen LogP contribution >= 0.6 is 11.8 Å². The van der Waals surface area contributed by atoms with Gasteiger partial charge in [-0.05, 0) is 24.6 Å². The minimum atomic E-state index is -0.377. The van der Waals surface area contributed by atoms with Gasteiger partial charge in [-0.3, -0.25) is 0 Å². The van der Waals surface area contributed by atoms with Gasteiger partial charge in [0.25, 0.3) is 0 Å². The third-order valence-corrected chi connectivity index (χ3v) is 3.68. The number of thioether (sulfide) groups is 1. The molecule has 0 heterocycles. The van der Waals surface area contributed by atoms with E-state index in [0.29, 0.717) is 5.75 Å². The maximum absolute atomic E-state index is 13.1. The van der Waals surface area contributed by atoms with Gasteiger partial charge in [-0.2, -0.15) is 11.8 Å². The number of nitrogens with two attached hydrogens (primary N) is 1. The zero-order valence-electron chi connectivity index (χ0n) is 8.90. The van der Waals surface area contributed by atoms with Crippen LogP contribution in [-0.4, -0.2) is 16.5 Å². The van der Waals surface area contributed by atoms with Gasteiger partial charge in [0.1, 0.15) is 5.82 Å². The second-order valence-electron chi connectivity index (χ2n) is 3.61. The molecular formula is C11H16FNOS. The summed E-state index contributed by atoms with van der Waals surface area (Å²) in [5.74, 6) is 0.307. The predicted octanol–water partition coefficient (Wildman–Crippen LogP) is 2.41. The van der Waals surface area contributed by atoms with E-state index in [0.717, 1.165) is 5.56 Å². The molecule has 0 spiro atoms. The molecule has 4 heteroatoms. The van der Waals surface area contributed by atoms with E-state index in [-0.39, 0.29) is 22.9 Å². The van der Waals surface area contributed by atoms with Crippen molar-refractivity contribution in [3.63, 3.8) is 0 Å². The van der Waals surface area contributed by atoms with Gasteiger partial charge < -0.3 is 10.8 Å². The third-order valence-electron chi connectivity index (χ3n) is 2.26. The number of anilines is 1. The van der Waals surface area contributed by atoms with Crippen molar-refractivity contribution in [2.24, 2.45) is 0 Å². The van der Waals surface area contributed by atoms with Crippen LogP contribution in [0.3, 0.4) is 0 Å². The molecule has 2 unspecified atom stereocenters. The highest BCUT2D eigenvalue weighted by atomic mass is 32.2. The molecule has 1 aromatic rings. The Hall–Kier alpha value is -0.740. The molecule has 0 fully saturated rings. The first kappa shape index (κ1) is 12.3. The van der Waals surface area contributed by atoms with Crippen molar-refractivity contribution >= 4 is 17.4 Å². The second kappa shape index (κ2) is 5.37. The number of hydrogen-bond acceptors (Lipinski definition) is 3. The molecule has 0 radical (unpaired) electrons. The summed E-state index contributed by atoms with van der Waals surface area (Å²) in [7, 11) is 0. The molecule has 1 rings (SSSR count). The standard InChI is InChI=1S/C11H16FNOS/c1-7(14)8(2)15-6-9-3-4-11(13)10(12)5-9/h3-5,7-8,14H,6,13H2,1-2H3. The summed E-state index contributed by atoms with van der Waals surface area (Å²) in [4.78, 5) is 0. The van der Waals surface area contributed by atoms with Crippen molar-refractivity contribution in [2.45, 2.75) is 31.0 Å². The molecule has 15 heavy (non-hydrogen) atoms. The molecule has 1 aromatic carbocycles. The van der Waals surface area contributed by atoms with Crippen LogP contribution < -0.4 is 5.73 Å². The van der Waals surface area contributed by atoms with Crippen molar-refractivity contribution in [3.05, 3.63) is 29.6 Å². The van der Waals surface area contributed by atoms with E-state index in [1.54, 1.807) is 30.8 Å². The summed E-state index contributed by atoms with van der Waals surface area (Å²) in [6, 6.07) is 4.82. The average molecular weight is 229 g/mol. The highest BCUT2D eigenvalue weighted by Gasteiger charge is 2.09. The first-order valence-electron chi connectivity index (χ1n) is 4.84. The second-order valence-corrected chi connectivity index (χ2v) is 4.98. The first-order valence-corrected chi connectivity index (χ1v) is 5.89. The molecule has 0 aliphatic heterocycles. The third kappa shape index (κ3) is 3.72. The lowest BCUT2D eigenvalue weighted by Gasteiger charge is -2.13. The normalized spacial score (nSPS) is 14.9. The van der Waals surface area contributed by atoms with Crippen molar-refractivity contribution in [2.75, 3.05) is 5.73 Å². The van der Waals surface area contributed by atoms with E-state index in [1.165, 1.54) is 6.07 Å². The number of aliphatic hydroxyl groups excluding tert-OH is 1. The fourth-order valence-corrected chi connectivity index (χ4v) is 1.94. The Bertz CT molecular complexity index is 330. The molecule has 0 aliphatic rings. The highest BCUT2D eigenvalue weighted by molar-refractivity contribution is 7.99. The molecule has 0 aromatic heterocycles. The Morgan fingerprint density at radius 1 is 1.47 bits per heavy atom. The van der Waals surface area contributed by atoms with E-state index in [2.05, 4.69) is 0 Å². The molecule has 0 saturated heterocycles. The van der Waals surface area contributed by atoms with Gasteiger partial charge in [0.2, 0.25) is 0 Å². The van der Waals surface area contributed by atoms with Gasteiger partial charge in [-0.25, -0.2) is 4.39 Å². The maximum atomic E-state index is 13.1. The minimum Gasteiger partial charge on any atom is -0.396 e. The van der Waals surface area contributed by atoms with Crippen LogP contribution in [0.4, 0.5) is 10.1 Å². The molecule has 0 aliphatic carbocycles. The van der Waals surface area contributed by atoms with Crippen molar-refractivity contribution in [3.8, 4) is 0 Å². The number of aliphatic hydroxyl groups is 1. The predicted molar refractivity (Wildman–Crippen MR) is 63.3 cm³/mol. The van der Waals surface area contributed by atoms with Crippen molar-refractivity contribution in [1.29, 1.82) is 0 Å². The summed E-state index contributed by atoms with van der Waals surface area (Å²) >= 11 is 1.59. The van der Waals surface area contributed by atoms with Crippen LogP contribution in [0.5, 0.6) is 0 Å². The smallest absolute Gasteiger partial charge is 0.146 e. The summed E-state index contributed by atoms with van der Waals surface area (Å²) in [6.07, 6.45) is -0.353. The van der Waals surface area contributed by atoms with Gasteiger partial charge >= 0.3 is 0 Å². The number of hydrogen-bond donors (Lipinski definition) is 2. The maximum Gasteiger partial charge on any atom is 0.146 e. The molecule has 0 bridgehead atoms. The first-order chi connectivity index (χ1) is 7.00. The lowest BCUT2D eigenvalue weighted by atomic mass is 10.2. The fourth-order valence-electron chi connectivity index (χ4n) is 1.03. The lowest BCUT2D eigenvalue weighted by molar-refractivity contribution is 0.196. The molecule has 0 saturated carbocycles. The molecule has 2 nitrogen and oxygen atoms in total. The van der Waals surface area contributed by atoms with Crippen LogP contribution in [0.15, 0.2) is 18.2 Å². The quantitative estimate of drug-likeness (QED) is 0.779. The Labute approximate surface area is 93.7 Å². The van der Waals surface area contributed by atoms with Crippen LogP contribution in [0.25, 0.3) is 0 Å². The van der Waals surface area contributed by atoms with Gasteiger partial charge in [0, 0.05) is 11.0 Å². The number of benzene rings is 1. The van der Waals surface area contributed by atoms with Crippen LogP contribution in [0.1, 0.15) is 19.4 Å². The zero-order chi connectivity index (χ0) is 11.4. The molecule has 84 valence electrons. The minimum absolute atomic E-state index is 0.144. The monoisotopic (exact) mass is 229 g/mol. The van der Waals surface area contributed by atoms with Crippen LogP contribution in [-0.2, 0) is 5.75 Å². The largest absolute Gasteiger partial charge is 0.396 e. The van der Waals surface area contributed by atoms with E-state index in [9.17, 15) is 9.50 Å². The van der Waals surface area contributed by atoms with Gasteiger partial charge in [-0.1, -0.05) is 13.0 Å². The summed E-state index contributed by atoms with van der Waals surface area (Å²) in [5.41, 5.74) is 6.43. The number of halogens is 1. The zero-order valence-corrected chi connectivity index (χ0v) is 9.72. The van der Waals surface area contributed by atoms with Gasteiger partial charge in [0.05, 0.1) is 11.8 Å². The summed E-state index contributed by atoms with van der Waals surface area (Å²) in [6.45, 7) is 3.70. The molecule has 2 atom stereocenters. The Morgan fingerprint density at radius 3 is 2.67 bits per heavy atom. The average Bonchev–Trinajstić information content (AvgIpc) is 2.19.